The van der Waals surface area contributed by atoms with Gasteiger partial charge in [-0.2, -0.15) is 5.26 Å². The molecule has 3 nitrogen and oxygen atoms in total. The standard InChI is InChI=1S/C16H22N2O/c1-15(2)14(16(15,3)4)10-18-13-8-12(19-5)7-6-11(13)9-17/h6-8,14,18H,10H2,1-5H3. The monoisotopic (exact) mass is 258 g/mol. The van der Waals surface area contributed by atoms with Crippen molar-refractivity contribution in [1.29, 1.82) is 5.26 Å². The maximum atomic E-state index is 9.14. The Morgan fingerprint density at radius 3 is 2.37 bits per heavy atom. The van der Waals surface area contributed by atoms with Gasteiger partial charge in [-0.1, -0.05) is 27.7 Å². The van der Waals surface area contributed by atoms with E-state index in [4.69, 9.17) is 10.00 Å². The van der Waals surface area contributed by atoms with Gasteiger partial charge in [0.25, 0.3) is 0 Å². The van der Waals surface area contributed by atoms with Crippen molar-refractivity contribution in [2.24, 2.45) is 16.7 Å². The van der Waals surface area contributed by atoms with Gasteiger partial charge in [0, 0.05) is 12.6 Å². The highest BCUT2D eigenvalue weighted by Gasteiger charge is 2.64. The molecule has 1 fully saturated rings. The Balaban J connectivity index is 2.11. The summed E-state index contributed by atoms with van der Waals surface area (Å²) in [4.78, 5) is 0. The average molecular weight is 258 g/mol. The molecule has 1 N–H and O–H groups in total. The molecular weight excluding hydrogens is 236 g/mol. The molecule has 3 heteroatoms. The van der Waals surface area contributed by atoms with E-state index in [0.717, 1.165) is 18.0 Å². The van der Waals surface area contributed by atoms with Crippen molar-refractivity contribution in [2.75, 3.05) is 19.0 Å². The third kappa shape index (κ3) is 2.16. The van der Waals surface area contributed by atoms with E-state index >= 15 is 0 Å². The Hall–Kier alpha value is -1.69. The van der Waals surface area contributed by atoms with E-state index in [2.05, 4.69) is 39.1 Å². The number of benzene rings is 1. The number of hydrogen-bond donors (Lipinski definition) is 1. The smallest absolute Gasteiger partial charge is 0.121 e. The summed E-state index contributed by atoms with van der Waals surface area (Å²) in [5.41, 5.74) is 2.23. The van der Waals surface area contributed by atoms with Crippen molar-refractivity contribution >= 4 is 5.69 Å². The number of nitrogens with one attached hydrogen (secondary N) is 1. The van der Waals surface area contributed by atoms with Crippen molar-refractivity contribution in [1.82, 2.24) is 0 Å². The summed E-state index contributed by atoms with van der Waals surface area (Å²) in [6, 6.07) is 7.71. The largest absolute Gasteiger partial charge is 0.497 e. The van der Waals surface area contributed by atoms with E-state index < -0.39 is 0 Å². The number of rotatable bonds is 4. The lowest BCUT2D eigenvalue weighted by Crippen LogP contribution is -2.09. The van der Waals surface area contributed by atoms with Gasteiger partial charge >= 0.3 is 0 Å². The molecule has 102 valence electrons. The van der Waals surface area contributed by atoms with Gasteiger partial charge in [-0.05, 0) is 28.9 Å². The molecule has 0 aliphatic heterocycles. The molecule has 0 amide bonds. The van der Waals surface area contributed by atoms with Gasteiger partial charge in [-0.15, -0.1) is 0 Å². The minimum Gasteiger partial charge on any atom is -0.497 e. The van der Waals surface area contributed by atoms with E-state index in [9.17, 15) is 0 Å². The summed E-state index contributed by atoms with van der Waals surface area (Å²) < 4.78 is 5.21. The molecule has 0 spiro atoms. The molecule has 0 radical (unpaired) electrons. The van der Waals surface area contributed by atoms with Crippen molar-refractivity contribution in [2.45, 2.75) is 27.7 Å². The van der Waals surface area contributed by atoms with Gasteiger partial charge in [-0.25, -0.2) is 0 Å². The number of ether oxygens (including phenoxy) is 1. The van der Waals surface area contributed by atoms with Crippen LogP contribution >= 0.6 is 0 Å². The normalized spacial score (nSPS) is 19.6. The van der Waals surface area contributed by atoms with Crippen LogP contribution in [0.25, 0.3) is 0 Å². The Morgan fingerprint density at radius 2 is 1.89 bits per heavy atom. The molecule has 1 saturated carbocycles. The van der Waals surface area contributed by atoms with Crippen LogP contribution in [0.15, 0.2) is 18.2 Å². The first-order valence-corrected chi connectivity index (χ1v) is 6.66. The maximum absolute atomic E-state index is 9.14. The zero-order valence-electron chi connectivity index (χ0n) is 12.4. The minimum atomic E-state index is 0.353. The van der Waals surface area contributed by atoms with Crippen LogP contribution in [-0.2, 0) is 0 Å². The summed E-state index contributed by atoms with van der Waals surface area (Å²) in [6.07, 6.45) is 0. The zero-order chi connectivity index (χ0) is 14.3. The quantitative estimate of drug-likeness (QED) is 0.896. The molecule has 0 bridgehead atoms. The second kappa shape index (κ2) is 4.45. The van der Waals surface area contributed by atoms with Crippen LogP contribution in [0.2, 0.25) is 0 Å². The predicted octanol–water partition coefficient (Wildman–Crippen LogP) is 3.66. The molecule has 0 saturated heterocycles. The number of methoxy groups -OCH3 is 1. The van der Waals surface area contributed by atoms with Crippen LogP contribution in [-0.4, -0.2) is 13.7 Å². The lowest BCUT2D eigenvalue weighted by Gasteiger charge is -2.11. The van der Waals surface area contributed by atoms with Crippen molar-refractivity contribution in [3.8, 4) is 11.8 Å². The van der Waals surface area contributed by atoms with Crippen LogP contribution in [0, 0.1) is 28.1 Å². The fourth-order valence-electron chi connectivity index (χ4n) is 2.95. The molecular formula is C16H22N2O. The summed E-state index contributed by atoms with van der Waals surface area (Å²) in [5.74, 6) is 1.40. The third-order valence-electron chi connectivity index (χ3n) is 5.16. The lowest BCUT2D eigenvalue weighted by molar-refractivity contribution is 0.415. The minimum absolute atomic E-state index is 0.353. The molecule has 0 unspecified atom stereocenters. The first kappa shape index (κ1) is 13.7. The first-order valence-electron chi connectivity index (χ1n) is 6.66. The highest BCUT2D eigenvalue weighted by atomic mass is 16.5. The number of hydrogen-bond acceptors (Lipinski definition) is 3. The molecule has 0 heterocycles. The fraction of sp³-hybridized carbons (Fsp3) is 0.562. The molecule has 0 atom stereocenters. The van der Waals surface area contributed by atoms with Crippen LogP contribution in [0.3, 0.4) is 0 Å². The highest BCUT2D eigenvalue weighted by Crippen LogP contribution is 2.68. The fourth-order valence-corrected chi connectivity index (χ4v) is 2.95. The van der Waals surface area contributed by atoms with Gasteiger partial charge in [0.15, 0.2) is 0 Å². The SMILES string of the molecule is COc1ccc(C#N)c(NCC2C(C)(C)C2(C)C)c1. The lowest BCUT2D eigenvalue weighted by atomic mass is 10.0. The molecule has 19 heavy (non-hydrogen) atoms. The van der Waals surface area contributed by atoms with E-state index in [1.165, 1.54) is 0 Å². The molecule has 1 aromatic rings. The van der Waals surface area contributed by atoms with E-state index in [0.29, 0.717) is 22.3 Å². The van der Waals surface area contributed by atoms with Gasteiger partial charge in [0.1, 0.15) is 11.8 Å². The maximum Gasteiger partial charge on any atom is 0.121 e. The second-order valence-corrected chi connectivity index (χ2v) is 6.40. The topological polar surface area (TPSA) is 45.0 Å². The molecule has 1 aliphatic rings. The molecule has 2 rings (SSSR count). The Labute approximate surface area is 115 Å². The number of anilines is 1. The summed E-state index contributed by atoms with van der Waals surface area (Å²) in [6.45, 7) is 10.1. The van der Waals surface area contributed by atoms with Crippen molar-refractivity contribution < 1.29 is 4.74 Å². The van der Waals surface area contributed by atoms with Gasteiger partial charge < -0.3 is 10.1 Å². The summed E-state index contributed by atoms with van der Waals surface area (Å²) >= 11 is 0. The first-order chi connectivity index (χ1) is 8.84. The number of nitriles is 1. The van der Waals surface area contributed by atoms with Crippen molar-refractivity contribution in [3.63, 3.8) is 0 Å². The summed E-state index contributed by atoms with van der Waals surface area (Å²) in [5, 5.41) is 12.5. The van der Waals surface area contributed by atoms with Crippen molar-refractivity contribution in [3.05, 3.63) is 23.8 Å². The number of nitrogens with zero attached hydrogens (tertiary/aromatic N) is 1. The van der Waals surface area contributed by atoms with E-state index in [-0.39, 0.29) is 0 Å². The Morgan fingerprint density at radius 1 is 1.26 bits per heavy atom. The van der Waals surface area contributed by atoms with E-state index in [1.807, 2.05) is 12.1 Å². The second-order valence-electron chi connectivity index (χ2n) is 6.40. The van der Waals surface area contributed by atoms with Crippen LogP contribution in [0.4, 0.5) is 5.69 Å². The third-order valence-corrected chi connectivity index (χ3v) is 5.16. The van der Waals surface area contributed by atoms with Crippen LogP contribution in [0.5, 0.6) is 5.75 Å². The van der Waals surface area contributed by atoms with Gasteiger partial charge in [-0.3, -0.25) is 0 Å². The van der Waals surface area contributed by atoms with Crippen LogP contribution in [0.1, 0.15) is 33.3 Å². The average Bonchev–Trinajstić information content (AvgIpc) is 2.76. The van der Waals surface area contributed by atoms with Gasteiger partial charge in [0.2, 0.25) is 0 Å². The highest BCUT2D eigenvalue weighted by molar-refractivity contribution is 5.60. The summed E-state index contributed by atoms with van der Waals surface area (Å²) in [7, 11) is 1.64. The van der Waals surface area contributed by atoms with Gasteiger partial charge in [0.05, 0.1) is 18.4 Å². The zero-order valence-corrected chi connectivity index (χ0v) is 12.4. The molecule has 1 aliphatic carbocycles. The van der Waals surface area contributed by atoms with E-state index in [1.54, 1.807) is 13.2 Å². The molecule has 1 aromatic carbocycles. The Kier molecular flexibility index (Phi) is 3.22. The predicted molar refractivity (Wildman–Crippen MR) is 77.3 cm³/mol. The van der Waals surface area contributed by atoms with Crippen LogP contribution < -0.4 is 10.1 Å². The Bertz CT molecular complexity index is 512. The molecule has 0 aromatic heterocycles.